The van der Waals surface area contributed by atoms with Crippen LogP contribution in [0.15, 0.2) is 18.3 Å². The molecule has 0 aliphatic rings. The van der Waals surface area contributed by atoms with Gasteiger partial charge in [-0.1, -0.05) is 44.4 Å². The Balaban J connectivity index is 2.28. The largest absolute Gasteiger partial charge is 0.312 e. The van der Waals surface area contributed by atoms with E-state index >= 15 is 0 Å². The first-order valence-electron chi connectivity index (χ1n) is 5.57. The van der Waals surface area contributed by atoms with Gasteiger partial charge in [0.15, 0.2) is 0 Å². The zero-order valence-corrected chi connectivity index (χ0v) is 10.2. The van der Waals surface area contributed by atoms with Gasteiger partial charge in [0.2, 0.25) is 0 Å². The first-order valence-corrected chi connectivity index (χ1v) is 5.95. The molecule has 2 nitrogen and oxygen atoms in total. The lowest BCUT2D eigenvalue weighted by atomic mass is 10.0. The minimum Gasteiger partial charge on any atom is -0.312 e. The molecule has 1 aromatic rings. The van der Waals surface area contributed by atoms with Crippen LogP contribution in [-0.2, 0) is 6.54 Å². The van der Waals surface area contributed by atoms with Crippen molar-refractivity contribution in [2.24, 2.45) is 5.92 Å². The monoisotopic (exact) mass is 226 g/mol. The van der Waals surface area contributed by atoms with Gasteiger partial charge >= 0.3 is 0 Å². The summed E-state index contributed by atoms with van der Waals surface area (Å²) in [6, 6.07) is 3.84. The predicted molar refractivity (Wildman–Crippen MR) is 65.0 cm³/mol. The number of hydrogen-bond donors (Lipinski definition) is 1. The third kappa shape index (κ3) is 4.63. The molecule has 0 saturated heterocycles. The number of aromatic nitrogens is 1. The maximum absolute atomic E-state index is 5.71. The quantitative estimate of drug-likeness (QED) is 0.754. The number of pyridine rings is 1. The molecule has 0 radical (unpaired) electrons. The van der Waals surface area contributed by atoms with E-state index in [1.165, 1.54) is 18.4 Å². The Kier molecular flexibility index (Phi) is 5.66. The van der Waals surface area contributed by atoms with Crippen LogP contribution in [0.4, 0.5) is 0 Å². The van der Waals surface area contributed by atoms with E-state index in [-0.39, 0.29) is 0 Å². The molecular formula is C12H19ClN2. The van der Waals surface area contributed by atoms with Gasteiger partial charge in [-0.15, -0.1) is 0 Å². The van der Waals surface area contributed by atoms with Crippen LogP contribution in [0.25, 0.3) is 0 Å². The smallest absolute Gasteiger partial charge is 0.129 e. The Bertz CT molecular complexity index is 267. The first kappa shape index (κ1) is 12.5. The molecule has 0 aliphatic carbocycles. The van der Waals surface area contributed by atoms with Crippen LogP contribution >= 0.6 is 11.6 Å². The Morgan fingerprint density at radius 2 is 2.07 bits per heavy atom. The fourth-order valence-corrected chi connectivity index (χ4v) is 1.62. The van der Waals surface area contributed by atoms with Crippen molar-refractivity contribution >= 4 is 11.6 Å². The highest BCUT2D eigenvalue weighted by atomic mass is 35.5. The van der Waals surface area contributed by atoms with Gasteiger partial charge < -0.3 is 5.32 Å². The van der Waals surface area contributed by atoms with Crippen molar-refractivity contribution < 1.29 is 0 Å². The SMILES string of the molecule is CCC(CC)CNCc1ccc(Cl)nc1. The van der Waals surface area contributed by atoms with Gasteiger partial charge in [0.25, 0.3) is 0 Å². The molecule has 0 amide bonds. The number of halogens is 1. The van der Waals surface area contributed by atoms with Crippen molar-refractivity contribution in [3.05, 3.63) is 29.0 Å². The zero-order valence-electron chi connectivity index (χ0n) is 9.46. The minimum absolute atomic E-state index is 0.554. The zero-order chi connectivity index (χ0) is 11.1. The Labute approximate surface area is 97.1 Å². The van der Waals surface area contributed by atoms with Crippen molar-refractivity contribution in [1.29, 1.82) is 0 Å². The van der Waals surface area contributed by atoms with Gasteiger partial charge in [0.1, 0.15) is 5.15 Å². The lowest BCUT2D eigenvalue weighted by Gasteiger charge is -2.12. The maximum atomic E-state index is 5.71. The second-order valence-corrected chi connectivity index (χ2v) is 4.19. The molecule has 1 N–H and O–H groups in total. The number of rotatable bonds is 6. The summed E-state index contributed by atoms with van der Waals surface area (Å²) in [5.74, 6) is 0.783. The molecule has 0 atom stereocenters. The number of nitrogens with zero attached hydrogens (tertiary/aromatic N) is 1. The van der Waals surface area contributed by atoms with Crippen LogP contribution < -0.4 is 5.32 Å². The van der Waals surface area contributed by atoms with Gasteiger partial charge in [0, 0.05) is 12.7 Å². The van der Waals surface area contributed by atoms with E-state index in [2.05, 4.69) is 24.1 Å². The number of nitrogens with one attached hydrogen (secondary N) is 1. The summed E-state index contributed by atoms with van der Waals surface area (Å²) in [5.41, 5.74) is 1.19. The lowest BCUT2D eigenvalue weighted by Crippen LogP contribution is -2.21. The fourth-order valence-electron chi connectivity index (χ4n) is 1.51. The van der Waals surface area contributed by atoms with Crippen molar-refractivity contribution in [2.45, 2.75) is 33.2 Å². The summed E-state index contributed by atoms with van der Waals surface area (Å²) in [6.07, 6.45) is 4.30. The Hall–Kier alpha value is -0.600. The molecular weight excluding hydrogens is 208 g/mol. The molecule has 0 saturated carbocycles. The van der Waals surface area contributed by atoms with E-state index in [4.69, 9.17) is 11.6 Å². The molecule has 0 fully saturated rings. The summed E-state index contributed by atoms with van der Waals surface area (Å²) in [6.45, 7) is 6.43. The van der Waals surface area contributed by atoms with Crippen LogP contribution in [0.3, 0.4) is 0 Å². The van der Waals surface area contributed by atoms with Crippen molar-refractivity contribution in [1.82, 2.24) is 10.3 Å². The van der Waals surface area contributed by atoms with Gasteiger partial charge in [-0.05, 0) is 24.1 Å². The van der Waals surface area contributed by atoms with Crippen molar-refractivity contribution in [3.63, 3.8) is 0 Å². The summed E-state index contributed by atoms with van der Waals surface area (Å²) in [4.78, 5) is 4.04. The van der Waals surface area contributed by atoms with E-state index in [1.54, 1.807) is 0 Å². The molecule has 1 aromatic heterocycles. The molecule has 1 rings (SSSR count). The molecule has 3 heteroatoms. The van der Waals surface area contributed by atoms with Crippen LogP contribution in [0.5, 0.6) is 0 Å². The Morgan fingerprint density at radius 3 is 2.60 bits per heavy atom. The standard InChI is InChI=1S/C12H19ClN2/c1-3-10(4-2)7-14-8-11-5-6-12(13)15-9-11/h5-6,9-10,14H,3-4,7-8H2,1-2H3. The van der Waals surface area contributed by atoms with Crippen LogP contribution in [0.1, 0.15) is 32.3 Å². The summed E-state index contributed by atoms with van der Waals surface area (Å²) in [5, 5.41) is 3.99. The fraction of sp³-hybridized carbons (Fsp3) is 0.583. The van der Waals surface area contributed by atoms with E-state index < -0.39 is 0 Å². The van der Waals surface area contributed by atoms with Crippen LogP contribution in [0, 0.1) is 5.92 Å². The minimum atomic E-state index is 0.554. The molecule has 0 aliphatic heterocycles. The first-order chi connectivity index (χ1) is 7.26. The van der Waals surface area contributed by atoms with E-state index in [0.717, 1.165) is 19.0 Å². The molecule has 0 aromatic carbocycles. The van der Waals surface area contributed by atoms with Crippen molar-refractivity contribution in [2.75, 3.05) is 6.54 Å². The average Bonchev–Trinajstić information content (AvgIpc) is 2.27. The highest BCUT2D eigenvalue weighted by Gasteiger charge is 2.02. The van der Waals surface area contributed by atoms with Gasteiger partial charge in [-0.2, -0.15) is 0 Å². The summed E-state index contributed by atoms with van der Waals surface area (Å²) in [7, 11) is 0. The third-order valence-electron chi connectivity index (χ3n) is 2.71. The maximum Gasteiger partial charge on any atom is 0.129 e. The van der Waals surface area contributed by atoms with E-state index in [9.17, 15) is 0 Å². The van der Waals surface area contributed by atoms with Crippen LogP contribution in [0.2, 0.25) is 5.15 Å². The van der Waals surface area contributed by atoms with Gasteiger partial charge in [-0.3, -0.25) is 0 Å². The third-order valence-corrected chi connectivity index (χ3v) is 2.93. The highest BCUT2D eigenvalue weighted by Crippen LogP contribution is 2.07. The van der Waals surface area contributed by atoms with Crippen LogP contribution in [-0.4, -0.2) is 11.5 Å². The second kappa shape index (κ2) is 6.81. The summed E-state index contributed by atoms with van der Waals surface area (Å²) >= 11 is 5.71. The molecule has 0 spiro atoms. The Morgan fingerprint density at radius 1 is 1.33 bits per heavy atom. The normalized spacial score (nSPS) is 10.9. The lowest BCUT2D eigenvalue weighted by molar-refractivity contribution is 0.449. The topological polar surface area (TPSA) is 24.9 Å². The van der Waals surface area contributed by atoms with Crippen molar-refractivity contribution in [3.8, 4) is 0 Å². The molecule has 0 unspecified atom stereocenters. The molecule has 84 valence electrons. The number of hydrogen-bond acceptors (Lipinski definition) is 2. The van der Waals surface area contributed by atoms with E-state index in [0.29, 0.717) is 5.15 Å². The summed E-state index contributed by atoms with van der Waals surface area (Å²) < 4.78 is 0. The van der Waals surface area contributed by atoms with E-state index in [1.807, 2.05) is 18.3 Å². The van der Waals surface area contributed by atoms with Gasteiger partial charge in [-0.25, -0.2) is 4.98 Å². The van der Waals surface area contributed by atoms with Gasteiger partial charge in [0.05, 0.1) is 0 Å². The molecule has 0 bridgehead atoms. The second-order valence-electron chi connectivity index (χ2n) is 3.80. The average molecular weight is 227 g/mol. The molecule has 1 heterocycles. The molecule has 15 heavy (non-hydrogen) atoms. The highest BCUT2D eigenvalue weighted by molar-refractivity contribution is 6.29. The predicted octanol–water partition coefficient (Wildman–Crippen LogP) is 3.26.